The lowest BCUT2D eigenvalue weighted by Gasteiger charge is -2.21. The van der Waals surface area contributed by atoms with Crippen LogP contribution in [0.4, 0.5) is 0 Å². The summed E-state index contributed by atoms with van der Waals surface area (Å²) in [5, 5.41) is 6.90. The van der Waals surface area contributed by atoms with Gasteiger partial charge in [-0.1, -0.05) is 170 Å². The van der Waals surface area contributed by atoms with Crippen molar-refractivity contribution in [3.63, 3.8) is 0 Å². The SMILES string of the molecule is CCCCCCCCCCc1cccc(P(NCc2ccccc2)c2cccc(CCCCCCCCCC)c2)c1. The summed E-state index contributed by atoms with van der Waals surface area (Å²) in [4.78, 5) is 0. The van der Waals surface area contributed by atoms with E-state index in [0.717, 1.165) is 6.54 Å². The van der Waals surface area contributed by atoms with Gasteiger partial charge in [-0.25, -0.2) is 0 Å². The van der Waals surface area contributed by atoms with Gasteiger partial charge in [-0.3, -0.25) is 5.09 Å². The summed E-state index contributed by atoms with van der Waals surface area (Å²) in [7, 11) is -0.618. The molecule has 0 aromatic heterocycles. The molecule has 0 saturated carbocycles. The highest BCUT2D eigenvalue weighted by Gasteiger charge is 2.15. The second-order valence-electron chi connectivity index (χ2n) is 11.9. The molecule has 1 N–H and O–H groups in total. The molecule has 0 fully saturated rings. The van der Waals surface area contributed by atoms with Crippen LogP contribution in [0.3, 0.4) is 0 Å². The van der Waals surface area contributed by atoms with Crippen molar-refractivity contribution in [3.8, 4) is 0 Å². The molecule has 0 unspecified atom stereocenters. The van der Waals surface area contributed by atoms with E-state index in [1.807, 2.05) is 0 Å². The van der Waals surface area contributed by atoms with Gasteiger partial charge in [0.1, 0.15) is 0 Å². The van der Waals surface area contributed by atoms with Gasteiger partial charge in [0.05, 0.1) is 0 Å². The number of unbranched alkanes of at least 4 members (excludes halogenated alkanes) is 14. The zero-order valence-electron chi connectivity index (χ0n) is 26.4. The largest absolute Gasteiger partial charge is 0.284 e. The summed E-state index contributed by atoms with van der Waals surface area (Å²) in [6.07, 6.45) is 24.4. The second kappa shape index (κ2) is 21.7. The van der Waals surface area contributed by atoms with E-state index >= 15 is 0 Å². The highest BCUT2D eigenvalue weighted by atomic mass is 31.1. The maximum absolute atomic E-state index is 3.99. The molecule has 41 heavy (non-hydrogen) atoms. The minimum Gasteiger partial charge on any atom is -0.284 e. The third-order valence-electron chi connectivity index (χ3n) is 8.26. The van der Waals surface area contributed by atoms with Crippen LogP contribution in [-0.2, 0) is 19.4 Å². The minimum absolute atomic E-state index is 0.618. The number of benzene rings is 3. The van der Waals surface area contributed by atoms with Gasteiger partial charge in [-0.2, -0.15) is 0 Å². The van der Waals surface area contributed by atoms with Crippen LogP contribution in [0.5, 0.6) is 0 Å². The molecule has 0 aliphatic heterocycles. The summed E-state index contributed by atoms with van der Waals surface area (Å²) in [5.74, 6) is 0. The molecule has 0 spiro atoms. The number of nitrogens with one attached hydrogen (secondary N) is 1. The Hall–Kier alpha value is -1.95. The fraction of sp³-hybridized carbons (Fsp3) is 0.538. The first-order valence-corrected chi connectivity index (χ1v) is 18.4. The Morgan fingerprint density at radius 3 is 1.32 bits per heavy atom. The zero-order chi connectivity index (χ0) is 28.8. The van der Waals surface area contributed by atoms with Crippen molar-refractivity contribution in [2.45, 2.75) is 136 Å². The molecule has 0 radical (unpaired) electrons. The van der Waals surface area contributed by atoms with E-state index in [9.17, 15) is 0 Å². The van der Waals surface area contributed by atoms with E-state index in [-0.39, 0.29) is 0 Å². The maximum Gasteiger partial charge on any atom is 0.0256 e. The van der Waals surface area contributed by atoms with Gasteiger partial charge in [0.15, 0.2) is 0 Å². The molecule has 0 amide bonds. The summed E-state index contributed by atoms with van der Waals surface area (Å²) in [6, 6.07) is 29.8. The smallest absolute Gasteiger partial charge is 0.0256 e. The molecule has 0 bridgehead atoms. The van der Waals surface area contributed by atoms with Crippen molar-refractivity contribution in [3.05, 3.63) is 95.6 Å². The Kier molecular flexibility index (Phi) is 17.8. The summed E-state index contributed by atoms with van der Waals surface area (Å²) in [6.45, 7) is 5.49. The van der Waals surface area contributed by atoms with Crippen molar-refractivity contribution >= 4 is 18.7 Å². The third-order valence-corrected chi connectivity index (χ3v) is 10.3. The molecule has 224 valence electrons. The number of rotatable bonds is 23. The highest BCUT2D eigenvalue weighted by molar-refractivity contribution is 7.71. The molecular formula is C39H58NP. The zero-order valence-corrected chi connectivity index (χ0v) is 27.3. The van der Waals surface area contributed by atoms with Crippen LogP contribution in [-0.4, -0.2) is 0 Å². The molecule has 3 rings (SSSR count). The third kappa shape index (κ3) is 14.2. The fourth-order valence-corrected chi connectivity index (χ4v) is 7.79. The molecular weight excluding hydrogens is 513 g/mol. The lowest BCUT2D eigenvalue weighted by molar-refractivity contribution is 0.575. The van der Waals surface area contributed by atoms with E-state index in [0.29, 0.717) is 0 Å². The van der Waals surface area contributed by atoms with Gasteiger partial charge in [-0.15, -0.1) is 0 Å². The topological polar surface area (TPSA) is 12.0 Å². The maximum atomic E-state index is 3.99. The van der Waals surface area contributed by atoms with Crippen LogP contribution in [0.1, 0.15) is 133 Å². The van der Waals surface area contributed by atoms with Crippen LogP contribution in [0.2, 0.25) is 0 Å². The van der Waals surface area contributed by atoms with Crippen molar-refractivity contribution in [1.82, 2.24) is 5.09 Å². The van der Waals surface area contributed by atoms with Crippen LogP contribution < -0.4 is 15.7 Å². The van der Waals surface area contributed by atoms with Crippen molar-refractivity contribution in [1.29, 1.82) is 0 Å². The van der Waals surface area contributed by atoms with E-state index < -0.39 is 8.07 Å². The first-order chi connectivity index (χ1) is 20.3. The highest BCUT2D eigenvalue weighted by Crippen LogP contribution is 2.31. The number of hydrogen-bond acceptors (Lipinski definition) is 1. The molecule has 3 aromatic carbocycles. The normalized spacial score (nSPS) is 11.4. The predicted octanol–water partition coefficient (Wildman–Crippen LogP) is 11.2. The van der Waals surface area contributed by atoms with Gasteiger partial charge in [0, 0.05) is 14.6 Å². The monoisotopic (exact) mass is 571 g/mol. The van der Waals surface area contributed by atoms with E-state index in [1.165, 1.54) is 143 Å². The molecule has 0 heterocycles. The second-order valence-corrected chi connectivity index (χ2v) is 14.0. The Balaban J connectivity index is 1.59. The quantitative estimate of drug-likeness (QED) is 0.0881. The Morgan fingerprint density at radius 2 is 0.854 bits per heavy atom. The average Bonchev–Trinajstić information content (AvgIpc) is 3.01. The molecule has 3 aromatic rings. The molecule has 0 aliphatic carbocycles. The van der Waals surface area contributed by atoms with Crippen LogP contribution in [0.25, 0.3) is 0 Å². The molecule has 2 heteroatoms. The van der Waals surface area contributed by atoms with Gasteiger partial charge in [-0.05, 0) is 65.1 Å². The molecule has 0 aliphatic rings. The first-order valence-electron chi connectivity index (χ1n) is 17.1. The van der Waals surface area contributed by atoms with Crippen molar-refractivity contribution in [2.75, 3.05) is 0 Å². The van der Waals surface area contributed by atoms with Crippen LogP contribution in [0.15, 0.2) is 78.9 Å². The Morgan fingerprint density at radius 1 is 0.439 bits per heavy atom. The van der Waals surface area contributed by atoms with E-state index in [4.69, 9.17) is 0 Å². The first kappa shape index (κ1) is 33.6. The lowest BCUT2D eigenvalue weighted by Crippen LogP contribution is -2.24. The van der Waals surface area contributed by atoms with Gasteiger partial charge >= 0.3 is 0 Å². The van der Waals surface area contributed by atoms with Crippen molar-refractivity contribution < 1.29 is 0 Å². The Bertz CT molecular complexity index is 983. The minimum atomic E-state index is -0.618. The van der Waals surface area contributed by atoms with Crippen molar-refractivity contribution in [2.24, 2.45) is 0 Å². The van der Waals surface area contributed by atoms with E-state index in [2.05, 4.69) is 97.8 Å². The summed E-state index contributed by atoms with van der Waals surface area (Å²) >= 11 is 0. The summed E-state index contributed by atoms with van der Waals surface area (Å²) < 4.78 is 0. The number of aryl methyl sites for hydroxylation is 2. The van der Waals surface area contributed by atoms with Crippen LogP contribution in [0, 0.1) is 0 Å². The molecule has 1 nitrogen and oxygen atoms in total. The standard InChI is InChI=1S/C39H58NP/c1-3-5-7-9-11-13-15-18-24-35-28-22-30-38(32-35)41(40-34-37-26-20-17-21-27-37)39-31-23-29-36(33-39)25-19-16-14-12-10-8-6-4-2/h17,20-23,26-33,40H,3-16,18-19,24-25,34H2,1-2H3. The van der Waals surface area contributed by atoms with Gasteiger partial charge in [0.25, 0.3) is 0 Å². The predicted molar refractivity (Wildman–Crippen MR) is 185 cm³/mol. The lowest BCUT2D eigenvalue weighted by atomic mass is 10.0. The average molecular weight is 572 g/mol. The Labute approximate surface area is 254 Å². The summed E-state index contributed by atoms with van der Waals surface area (Å²) in [5.41, 5.74) is 4.35. The molecule has 0 saturated heterocycles. The van der Waals surface area contributed by atoms with Crippen LogP contribution >= 0.6 is 8.07 Å². The fourth-order valence-electron chi connectivity index (χ4n) is 5.73. The van der Waals surface area contributed by atoms with Gasteiger partial charge in [0.2, 0.25) is 0 Å². The van der Waals surface area contributed by atoms with E-state index in [1.54, 1.807) is 0 Å². The molecule has 0 atom stereocenters. The van der Waals surface area contributed by atoms with Gasteiger partial charge < -0.3 is 0 Å². The number of hydrogen-bond donors (Lipinski definition) is 1.